The van der Waals surface area contributed by atoms with Gasteiger partial charge in [0.05, 0.1) is 0 Å². The topological polar surface area (TPSA) is 21.3 Å². The second kappa shape index (κ2) is 7.84. The second-order valence-corrected chi connectivity index (χ2v) is 7.41. The van der Waals surface area contributed by atoms with Gasteiger partial charge in [-0.05, 0) is 48.4 Å². The zero-order chi connectivity index (χ0) is 16.0. The summed E-state index contributed by atoms with van der Waals surface area (Å²) < 4.78 is 6.19. The summed E-state index contributed by atoms with van der Waals surface area (Å²) in [6, 6.07) is 6.61. The number of nitrogens with one attached hydrogen (secondary N) is 1. The zero-order valence-corrected chi connectivity index (χ0v) is 14.9. The maximum Gasteiger partial charge on any atom is 0.123 e. The standard InChI is InChI=1S/C19H33NO/c1-8-16-9-10-18(17(11-16)19(5,6)7)21-15(4)13-20-12-14(2)3/h9-11,14-15,20H,8,12-13H2,1-7H3. The van der Waals surface area contributed by atoms with E-state index in [0.717, 1.165) is 25.3 Å². The molecule has 21 heavy (non-hydrogen) atoms. The van der Waals surface area contributed by atoms with Gasteiger partial charge in [0.25, 0.3) is 0 Å². The van der Waals surface area contributed by atoms with Gasteiger partial charge >= 0.3 is 0 Å². The Morgan fingerprint density at radius 2 is 1.76 bits per heavy atom. The van der Waals surface area contributed by atoms with Crippen LogP contribution in [0.4, 0.5) is 0 Å². The van der Waals surface area contributed by atoms with E-state index >= 15 is 0 Å². The highest BCUT2D eigenvalue weighted by atomic mass is 16.5. The molecule has 0 heterocycles. The number of ether oxygens (including phenoxy) is 1. The van der Waals surface area contributed by atoms with E-state index in [1.807, 2.05) is 0 Å². The maximum atomic E-state index is 6.19. The van der Waals surface area contributed by atoms with E-state index in [0.29, 0.717) is 5.92 Å². The van der Waals surface area contributed by atoms with Gasteiger partial charge in [-0.3, -0.25) is 0 Å². The van der Waals surface area contributed by atoms with Crippen molar-refractivity contribution in [2.75, 3.05) is 13.1 Å². The third kappa shape index (κ3) is 6.09. The first kappa shape index (κ1) is 18.0. The average Bonchev–Trinajstić information content (AvgIpc) is 2.37. The van der Waals surface area contributed by atoms with Gasteiger partial charge in [-0.25, -0.2) is 0 Å². The van der Waals surface area contributed by atoms with Gasteiger partial charge in [0.1, 0.15) is 11.9 Å². The van der Waals surface area contributed by atoms with E-state index in [4.69, 9.17) is 4.74 Å². The lowest BCUT2D eigenvalue weighted by Crippen LogP contribution is -2.32. The van der Waals surface area contributed by atoms with Crippen molar-refractivity contribution >= 4 is 0 Å². The van der Waals surface area contributed by atoms with Crippen molar-refractivity contribution in [3.8, 4) is 5.75 Å². The molecule has 0 amide bonds. The summed E-state index contributed by atoms with van der Waals surface area (Å²) in [5, 5.41) is 3.46. The highest BCUT2D eigenvalue weighted by Crippen LogP contribution is 2.32. The number of hydrogen-bond acceptors (Lipinski definition) is 2. The molecular weight excluding hydrogens is 258 g/mol. The van der Waals surface area contributed by atoms with Gasteiger partial charge in [-0.2, -0.15) is 0 Å². The number of aryl methyl sites for hydroxylation is 1. The molecule has 0 radical (unpaired) electrons. The van der Waals surface area contributed by atoms with E-state index in [-0.39, 0.29) is 11.5 Å². The lowest BCUT2D eigenvalue weighted by Gasteiger charge is -2.26. The smallest absolute Gasteiger partial charge is 0.123 e. The molecule has 0 aromatic heterocycles. The fraction of sp³-hybridized carbons (Fsp3) is 0.684. The van der Waals surface area contributed by atoms with Gasteiger partial charge < -0.3 is 10.1 Å². The lowest BCUT2D eigenvalue weighted by molar-refractivity contribution is 0.211. The van der Waals surface area contributed by atoms with Crippen molar-refractivity contribution in [2.45, 2.75) is 66.4 Å². The maximum absolute atomic E-state index is 6.19. The van der Waals surface area contributed by atoms with Crippen LogP contribution < -0.4 is 10.1 Å². The molecule has 0 saturated heterocycles. The number of rotatable bonds is 7. The molecule has 1 atom stereocenters. The molecular formula is C19H33NO. The monoisotopic (exact) mass is 291 g/mol. The van der Waals surface area contributed by atoms with Crippen LogP contribution in [0.2, 0.25) is 0 Å². The molecule has 1 N–H and O–H groups in total. The molecule has 1 unspecified atom stereocenters. The van der Waals surface area contributed by atoms with Gasteiger partial charge in [-0.1, -0.05) is 53.7 Å². The SMILES string of the molecule is CCc1ccc(OC(C)CNCC(C)C)c(C(C)(C)C)c1. The Kier molecular flexibility index (Phi) is 6.73. The molecule has 0 aliphatic rings. The summed E-state index contributed by atoms with van der Waals surface area (Å²) in [5.74, 6) is 1.70. The van der Waals surface area contributed by atoms with Crippen molar-refractivity contribution in [3.63, 3.8) is 0 Å². The quantitative estimate of drug-likeness (QED) is 0.795. The largest absolute Gasteiger partial charge is 0.489 e. The van der Waals surface area contributed by atoms with Crippen LogP contribution in [0.5, 0.6) is 5.75 Å². The van der Waals surface area contributed by atoms with Crippen LogP contribution >= 0.6 is 0 Å². The first-order chi connectivity index (χ1) is 9.74. The molecule has 120 valence electrons. The molecule has 0 spiro atoms. The van der Waals surface area contributed by atoms with E-state index in [9.17, 15) is 0 Å². The summed E-state index contributed by atoms with van der Waals surface area (Å²) in [6.07, 6.45) is 1.24. The van der Waals surface area contributed by atoms with Crippen LogP contribution in [0.1, 0.15) is 59.6 Å². The van der Waals surface area contributed by atoms with Gasteiger partial charge in [0.15, 0.2) is 0 Å². The number of benzene rings is 1. The van der Waals surface area contributed by atoms with Gasteiger partial charge in [0, 0.05) is 6.54 Å². The highest BCUT2D eigenvalue weighted by Gasteiger charge is 2.20. The van der Waals surface area contributed by atoms with Crippen LogP contribution in [-0.2, 0) is 11.8 Å². The van der Waals surface area contributed by atoms with E-state index in [2.05, 4.69) is 72.0 Å². The zero-order valence-electron chi connectivity index (χ0n) is 14.9. The minimum atomic E-state index is 0.103. The molecule has 0 fully saturated rings. The van der Waals surface area contributed by atoms with Crippen LogP contribution in [0.25, 0.3) is 0 Å². The summed E-state index contributed by atoms with van der Waals surface area (Å²) in [6.45, 7) is 17.4. The first-order valence-corrected chi connectivity index (χ1v) is 8.24. The number of hydrogen-bond donors (Lipinski definition) is 1. The van der Waals surface area contributed by atoms with E-state index in [1.54, 1.807) is 0 Å². The third-order valence-electron chi connectivity index (χ3n) is 3.57. The molecule has 1 aromatic carbocycles. The Morgan fingerprint density at radius 1 is 1.10 bits per heavy atom. The van der Waals surface area contributed by atoms with Crippen molar-refractivity contribution in [1.82, 2.24) is 5.32 Å². The van der Waals surface area contributed by atoms with Crippen LogP contribution in [0.15, 0.2) is 18.2 Å². The Morgan fingerprint density at radius 3 is 2.29 bits per heavy atom. The minimum Gasteiger partial charge on any atom is -0.489 e. The molecule has 2 heteroatoms. The van der Waals surface area contributed by atoms with Crippen molar-refractivity contribution in [3.05, 3.63) is 29.3 Å². The molecule has 1 aromatic rings. The summed E-state index contributed by atoms with van der Waals surface area (Å²) >= 11 is 0. The molecule has 0 saturated carbocycles. The van der Waals surface area contributed by atoms with E-state index < -0.39 is 0 Å². The van der Waals surface area contributed by atoms with Crippen molar-refractivity contribution in [2.24, 2.45) is 5.92 Å². The predicted octanol–water partition coefficient (Wildman–Crippen LogP) is 4.56. The van der Waals surface area contributed by atoms with Crippen molar-refractivity contribution in [1.29, 1.82) is 0 Å². The summed E-state index contributed by atoms with van der Waals surface area (Å²) in [4.78, 5) is 0. The molecule has 0 aliphatic carbocycles. The predicted molar refractivity (Wildman–Crippen MR) is 92.3 cm³/mol. The fourth-order valence-electron chi connectivity index (χ4n) is 2.32. The van der Waals surface area contributed by atoms with Crippen molar-refractivity contribution < 1.29 is 4.74 Å². The fourth-order valence-corrected chi connectivity index (χ4v) is 2.32. The first-order valence-electron chi connectivity index (χ1n) is 8.24. The molecule has 0 bridgehead atoms. The highest BCUT2D eigenvalue weighted by molar-refractivity contribution is 5.41. The Balaban J connectivity index is 2.78. The van der Waals surface area contributed by atoms with E-state index in [1.165, 1.54) is 11.1 Å². The normalized spacial score (nSPS) is 13.5. The third-order valence-corrected chi connectivity index (χ3v) is 3.57. The Bertz CT molecular complexity index is 432. The minimum absolute atomic E-state index is 0.103. The van der Waals surface area contributed by atoms with Crippen LogP contribution in [0, 0.1) is 5.92 Å². The summed E-state index contributed by atoms with van der Waals surface area (Å²) in [7, 11) is 0. The Labute approximate surface area is 131 Å². The summed E-state index contributed by atoms with van der Waals surface area (Å²) in [5.41, 5.74) is 2.78. The van der Waals surface area contributed by atoms with Crippen LogP contribution in [-0.4, -0.2) is 19.2 Å². The van der Waals surface area contributed by atoms with Gasteiger partial charge in [-0.15, -0.1) is 0 Å². The average molecular weight is 291 g/mol. The second-order valence-electron chi connectivity index (χ2n) is 7.41. The molecule has 2 nitrogen and oxygen atoms in total. The molecule has 0 aliphatic heterocycles. The van der Waals surface area contributed by atoms with Crippen LogP contribution in [0.3, 0.4) is 0 Å². The Hall–Kier alpha value is -1.02. The van der Waals surface area contributed by atoms with Gasteiger partial charge in [0.2, 0.25) is 0 Å². The lowest BCUT2D eigenvalue weighted by atomic mass is 9.85. The molecule has 1 rings (SSSR count).